The van der Waals surface area contributed by atoms with Gasteiger partial charge in [-0.3, -0.25) is 4.79 Å². The highest BCUT2D eigenvalue weighted by molar-refractivity contribution is 6.34. The number of carbonyl (C=O) groups is 1. The van der Waals surface area contributed by atoms with Gasteiger partial charge in [0.25, 0.3) is 5.91 Å². The fourth-order valence-corrected chi connectivity index (χ4v) is 2.80. The van der Waals surface area contributed by atoms with Crippen molar-refractivity contribution in [3.63, 3.8) is 0 Å². The summed E-state index contributed by atoms with van der Waals surface area (Å²) in [5.74, 6) is -0.346. The Kier molecular flexibility index (Phi) is 5.27. The fraction of sp³-hybridized carbons (Fsp3) is 0.500. The van der Waals surface area contributed by atoms with E-state index in [4.69, 9.17) is 27.9 Å². The Morgan fingerprint density at radius 1 is 1.35 bits per heavy atom. The van der Waals surface area contributed by atoms with E-state index in [0.717, 1.165) is 6.42 Å². The van der Waals surface area contributed by atoms with E-state index in [2.05, 4.69) is 0 Å². The smallest absolute Gasteiger partial charge is 0.256 e. The summed E-state index contributed by atoms with van der Waals surface area (Å²) in [5.41, 5.74) is 0.407. The first-order valence-corrected chi connectivity index (χ1v) is 7.27. The van der Waals surface area contributed by atoms with Crippen LogP contribution in [-0.4, -0.2) is 41.7 Å². The van der Waals surface area contributed by atoms with Crippen LogP contribution in [0.5, 0.6) is 0 Å². The van der Waals surface area contributed by atoms with Crippen LogP contribution in [0.4, 0.5) is 0 Å². The number of halogens is 2. The Labute approximate surface area is 128 Å². The summed E-state index contributed by atoms with van der Waals surface area (Å²) in [7, 11) is 0. The molecular weight excluding hydrogens is 301 g/mol. The predicted octanol–water partition coefficient (Wildman–Crippen LogP) is 2.66. The molecule has 0 aliphatic carbocycles. The molecule has 1 saturated heterocycles. The Morgan fingerprint density at radius 2 is 2.00 bits per heavy atom. The SMILES string of the molecule is CC1CCOCCN1C(=O)C(O)c1cc(Cl)cc(Cl)c1. The summed E-state index contributed by atoms with van der Waals surface area (Å²) in [4.78, 5) is 14.1. The molecule has 20 heavy (non-hydrogen) atoms. The molecule has 1 aromatic rings. The molecule has 0 bridgehead atoms. The largest absolute Gasteiger partial charge is 0.380 e. The fourth-order valence-electron chi connectivity index (χ4n) is 2.26. The van der Waals surface area contributed by atoms with E-state index in [9.17, 15) is 9.90 Å². The second-order valence-electron chi connectivity index (χ2n) is 4.89. The third-order valence-corrected chi connectivity index (χ3v) is 3.84. The van der Waals surface area contributed by atoms with Crippen LogP contribution in [0.15, 0.2) is 18.2 Å². The van der Waals surface area contributed by atoms with Crippen molar-refractivity contribution in [1.82, 2.24) is 4.90 Å². The Morgan fingerprint density at radius 3 is 2.65 bits per heavy atom. The number of ether oxygens (including phenoxy) is 1. The van der Waals surface area contributed by atoms with Gasteiger partial charge in [0.2, 0.25) is 0 Å². The van der Waals surface area contributed by atoms with Crippen LogP contribution in [0.1, 0.15) is 25.0 Å². The van der Waals surface area contributed by atoms with Crippen molar-refractivity contribution in [1.29, 1.82) is 0 Å². The maximum absolute atomic E-state index is 12.4. The summed E-state index contributed by atoms with van der Waals surface area (Å²) in [6, 6.07) is 4.70. The van der Waals surface area contributed by atoms with Gasteiger partial charge < -0.3 is 14.7 Å². The number of nitrogens with zero attached hydrogens (tertiary/aromatic N) is 1. The summed E-state index contributed by atoms with van der Waals surface area (Å²) >= 11 is 11.8. The summed E-state index contributed by atoms with van der Waals surface area (Å²) in [6.07, 6.45) is -0.499. The highest BCUT2D eigenvalue weighted by atomic mass is 35.5. The van der Waals surface area contributed by atoms with Gasteiger partial charge in [-0.1, -0.05) is 23.2 Å². The van der Waals surface area contributed by atoms with Crippen LogP contribution in [0.25, 0.3) is 0 Å². The van der Waals surface area contributed by atoms with Gasteiger partial charge >= 0.3 is 0 Å². The number of rotatable bonds is 2. The van der Waals surface area contributed by atoms with E-state index >= 15 is 0 Å². The molecule has 2 rings (SSSR count). The van der Waals surface area contributed by atoms with Crippen molar-refractivity contribution in [3.05, 3.63) is 33.8 Å². The van der Waals surface area contributed by atoms with Gasteiger partial charge in [0, 0.05) is 29.2 Å². The first-order valence-electron chi connectivity index (χ1n) is 6.51. The lowest BCUT2D eigenvalue weighted by molar-refractivity contribution is -0.142. The Bertz CT molecular complexity index is 475. The number of benzene rings is 1. The van der Waals surface area contributed by atoms with Gasteiger partial charge in [-0.2, -0.15) is 0 Å². The molecule has 0 saturated carbocycles. The monoisotopic (exact) mass is 317 g/mol. The molecule has 1 heterocycles. The maximum atomic E-state index is 12.4. The molecule has 1 aliphatic heterocycles. The molecule has 1 fully saturated rings. The van der Waals surface area contributed by atoms with Crippen LogP contribution in [0.3, 0.4) is 0 Å². The van der Waals surface area contributed by atoms with E-state index in [1.165, 1.54) is 0 Å². The van der Waals surface area contributed by atoms with Crippen molar-refractivity contribution in [2.75, 3.05) is 19.8 Å². The van der Waals surface area contributed by atoms with Gasteiger partial charge in [-0.15, -0.1) is 0 Å². The summed E-state index contributed by atoms with van der Waals surface area (Å²) in [5, 5.41) is 11.0. The average Bonchev–Trinajstić information content (AvgIpc) is 2.60. The molecule has 0 spiro atoms. The number of carbonyl (C=O) groups excluding carboxylic acids is 1. The molecule has 1 aromatic carbocycles. The lowest BCUT2D eigenvalue weighted by atomic mass is 10.1. The number of aliphatic hydroxyl groups is 1. The van der Waals surface area contributed by atoms with E-state index in [0.29, 0.717) is 35.4 Å². The zero-order valence-electron chi connectivity index (χ0n) is 11.2. The van der Waals surface area contributed by atoms with Crippen molar-refractivity contribution in [2.45, 2.75) is 25.5 Å². The Balaban J connectivity index is 2.18. The molecule has 0 aromatic heterocycles. The third-order valence-electron chi connectivity index (χ3n) is 3.41. The standard InChI is InChI=1S/C14H17Cl2NO3/c1-9-2-4-20-5-3-17(9)14(19)13(18)10-6-11(15)8-12(16)7-10/h6-9,13,18H,2-5H2,1H3. The second kappa shape index (κ2) is 6.76. The molecule has 0 radical (unpaired) electrons. The minimum absolute atomic E-state index is 0.0364. The maximum Gasteiger partial charge on any atom is 0.256 e. The molecule has 2 atom stereocenters. The van der Waals surface area contributed by atoms with Gasteiger partial charge in [-0.05, 0) is 37.1 Å². The third kappa shape index (κ3) is 3.64. The lowest BCUT2D eigenvalue weighted by Gasteiger charge is -2.28. The number of aliphatic hydroxyl groups excluding tert-OH is 1. The normalized spacial score (nSPS) is 21.4. The van der Waals surface area contributed by atoms with Crippen LogP contribution in [0, 0.1) is 0 Å². The van der Waals surface area contributed by atoms with Crippen LogP contribution in [-0.2, 0) is 9.53 Å². The topological polar surface area (TPSA) is 49.8 Å². The zero-order chi connectivity index (χ0) is 14.7. The van der Waals surface area contributed by atoms with Crippen molar-refractivity contribution >= 4 is 29.1 Å². The summed E-state index contributed by atoms with van der Waals surface area (Å²) < 4.78 is 5.35. The molecule has 2 unspecified atom stereocenters. The lowest BCUT2D eigenvalue weighted by Crippen LogP contribution is -2.42. The number of hydrogen-bond donors (Lipinski definition) is 1. The average molecular weight is 318 g/mol. The van der Waals surface area contributed by atoms with Gasteiger partial charge in [0.1, 0.15) is 0 Å². The Hall–Kier alpha value is -0.810. The van der Waals surface area contributed by atoms with Crippen molar-refractivity contribution in [3.8, 4) is 0 Å². The van der Waals surface area contributed by atoms with Crippen LogP contribution >= 0.6 is 23.2 Å². The van der Waals surface area contributed by atoms with Crippen LogP contribution < -0.4 is 0 Å². The molecule has 1 aliphatic rings. The number of hydrogen-bond acceptors (Lipinski definition) is 3. The van der Waals surface area contributed by atoms with Gasteiger partial charge in [-0.25, -0.2) is 0 Å². The highest BCUT2D eigenvalue weighted by Gasteiger charge is 2.28. The molecule has 1 amide bonds. The van der Waals surface area contributed by atoms with E-state index in [1.807, 2.05) is 6.92 Å². The van der Waals surface area contributed by atoms with Crippen LogP contribution in [0.2, 0.25) is 10.0 Å². The quantitative estimate of drug-likeness (QED) is 0.912. The highest BCUT2D eigenvalue weighted by Crippen LogP contribution is 2.25. The molecule has 110 valence electrons. The molecule has 1 N–H and O–H groups in total. The minimum atomic E-state index is -1.26. The summed E-state index contributed by atoms with van der Waals surface area (Å²) in [6.45, 7) is 3.54. The van der Waals surface area contributed by atoms with E-state index in [1.54, 1.807) is 23.1 Å². The number of amides is 1. The first kappa shape index (κ1) is 15.6. The first-order chi connectivity index (χ1) is 9.49. The van der Waals surface area contributed by atoms with E-state index in [-0.39, 0.29) is 11.9 Å². The predicted molar refractivity (Wildman–Crippen MR) is 78.0 cm³/mol. The second-order valence-corrected chi connectivity index (χ2v) is 5.76. The molecule has 6 heteroatoms. The molecule has 4 nitrogen and oxygen atoms in total. The van der Waals surface area contributed by atoms with Gasteiger partial charge in [0.05, 0.1) is 6.61 Å². The van der Waals surface area contributed by atoms with Crippen molar-refractivity contribution in [2.24, 2.45) is 0 Å². The minimum Gasteiger partial charge on any atom is -0.380 e. The molecular formula is C14H17Cl2NO3. The zero-order valence-corrected chi connectivity index (χ0v) is 12.7. The van der Waals surface area contributed by atoms with Gasteiger partial charge in [0.15, 0.2) is 6.10 Å². The van der Waals surface area contributed by atoms with Crippen molar-refractivity contribution < 1.29 is 14.6 Å². The van der Waals surface area contributed by atoms with E-state index < -0.39 is 6.10 Å².